The van der Waals surface area contributed by atoms with E-state index in [0.29, 0.717) is 16.8 Å². The fourth-order valence-corrected chi connectivity index (χ4v) is 3.65. The van der Waals surface area contributed by atoms with Crippen LogP contribution in [0.3, 0.4) is 0 Å². The lowest BCUT2D eigenvalue weighted by Crippen LogP contribution is -2.23. The van der Waals surface area contributed by atoms with Gasteiger partial charge in [0.2, 0.25) is 5.91 Å². The molecule has 7 nitrogen and oxygen atoms in total. The number of carbonyl (C=O) groups is 2. The fourth-order valence-electron chi connectivity index (χ4n) is 3.65. The summed E-state index contributed by atoms with van der Waals surface area (Å²) >= 11 is 0. The fraction of sp³-hybridized carbons (Fsp3) is 0.0741. The maximum atomic E-state index is 12.8. The van der Waals surface area contributed by atoms with Gasteiger partial charge in [-0.25, -0.2) is 5.43 Å². The third kappa shape index (κ3) is 5.39. The van der Waals surface area contributed by atoms with Gasteiger partial charge in [-0.3, -0.25) is 19.7 Å². The number of rotatable bonds is 8. The number of hydrogen-bond donors (Lipinski definition) is 1. The van der Waals surface area contributed by atoms with Gasteiger partial charge in [-0.1, -0.05) is 72.8 Å². The zero-order valence-corrected chi connectivity index (χ0v) is 18.2. The summed E-state index contributed by atoms with van der Waals surface area (Å²) in [6.45, 7) is 0. The second-order valence-electron chi connectivity index (χ2n) is 7.68. The van der Waals surface area contributed by atoms with Gasteiger partial charge in [0.25, 0.3) is 5.69 Å². The zero-order valence-electron chi connectivity index (χ0n) is 18.2. The van der Waals surface area contributed by atoms with Crippen molar-refractivity contribution in [3.63, 3.8) is 0 Å². The highest BCUT2D eigenvalue weighted by atomic mass is 16.6. The summed E-state index contributed by atoms with van der Waals surface area (Å²) in [7, 11) is 0. The molecule has 0 aliphatic heterocycles. The molecule has 4 aromatic carbocycles. The number of ketones is 1. The predicted molar refractivity (Wildman–Crippen MR) is 131 cm³/mol. The third-order valence-corrected chi connectivity index (χ3v) is 5.38. The minimum absolute atomic E-state index is 0.0730. The van der Waals surface area contributed by atoms with Gasteiger partial charge in [0.05, 0.1) is 23.5 Å². The first-order chi connectivity index (χ1) is 16.5. The van der Waals surface area contributed by atoms with Crippen molar-refractivity contribution in [1.82, 2.24) is 5.43 Å². The Bertz CT molecular complexity index is 1370. The average Bonchev–Trinajstić information content (AvgIpc) is 2.87. The van der Waals surface area contributed by atoms with E-state index in [1.54, 1.807) is 12.1 Å². The van der Waals surface area contributed by atoms with Crippen molar-refractivity contribution in [3.8, 4) is 0 Å². The quantitative estimate of drug-likeness (QED) is 0.175. The zero-order chi connectivity index (χ0) is 23.9. The van der Waals surface area contributed by atoms with Gasteiger partial charge in [0, 0.05) is 17.7 Å². The summed E-state index contributed by atoms with van der Waals surface area (Å²) in [5, 5.41) is 17.2. The molecule has 0 aliphatic carbocycles. The van der Waals surface area contributed by atoms with Crippen LogP contribution in [0.2, 0.25) is 0 Å². The molecule has 168 valence electrons. The minimum atomic E-state index is -0.517. The first kappa shape index (κ1) is 22.5. The second kappa shape index (κ2) is 10.3. The lowest BCUT2D eigenvalue weighted by Gasteiger charge is -2.09. The van der Waals surface area contributed by atoms with Crippen LogP contribution in [-0.2, 0) is 11.2 Å². The molecule has 0 aliphatic rings. The number of fused-ring (bicyclic) bond motifs is 1. The number of hydrogen-bond acceptors (Lipinski definition) is 5. The third-order valence-electron chi connectivity index (χ3n) is 5.38. The number of hydrazone groups is 1. The van der Waals surface area contributed by atoms with Crippen molar-refractivity contribution in [2.75, 3.05) is 0 Å². The van der Waals surface area contributed by atoms with Gasteiger partial charge in [-0.05, 0) is 34.0 Å². The number of non-ortho nitro benzene ring substituents is 1. The molecule has 0 unspecified atom stereocenters. The van der Waals surface area contributed by atoms with Crippen molar-refractivity contribution in [3.05, 3.63) is 124 Å². The standard InChI is InChI=1S/C27H21N3O4/c31-26(21-13-15-23(16-14-21)30(33)34)18-25(20-8-2-1-3-9-20)28-29-27(32)17-22-11-6-10-19-7-4-5-12-24(19)22/h1-16H,17-18H2,(H,29,32)/b28-25-. The Morgan fingerprint density at radius 2 is 1.47 bits per heavy atom. The molecule has 0 saturated heterocycles. The Labute approximate surface area is 195 Å². The van der Waals surface area contributed by atoms with Crippen molar-refractivity contribution >= 4 is 33.9 Å². The van der Waals surface area contributed by atoms with Crippen LogP contribution >= 0.6 is 0 Å². The van der Waals surface area contributed by atoms with Crippen LogP contribution in [0.15, 0.2) is 102 Å². The van der Waals surface area contributed by atoms with E-state index in [2.05, 4.69) is 10.5 Å². The Hall–Kier alpha value is -4.65. The summed E-state index contributed by atoms with van der Waals surface area (Å²) in [4.78, 5) is 35.9. The summed E-state index contributed by atoms with van der Waals surface area (Å²) in [5.74, 6) is -0.562. The first-order valence-electron chi connectivity index (χ1n) is 10.7. The number of nitro groups is 1. The summed E-state index contributed by atoms with van der Waals surface area (Å²) in [6, 6.07) is 28.2. The van der Waals surface area contributed by atoms with E-state index in [0.717, 1.165) is 16.3 Å². The Morgan fingerprint density at radius 1 is 0.794 bits per heavy atom. The molecule has 0 radical (unpaired) electrons. The number of nitrogens with zero attached hydrogens (tertiary/aromatic N) is 2. The molecular formula is C27H21N3O4. The SMILES string of the molecule is O=C(Cc1cccc2ccccc12)N/N=C(/CC(=O)c1ccc([N+](=O)[O-])cc1)c1ccccc1. The van der Waals surface area contributed by atoms with E-state index in [4.69, 9.17) is 0 Å². The summed E-state index contributed by atoms with van der Waals surface area (Å²) < 4.78 is 0. The van der Waals surface area contributed by atoms with Crippen molar-refractivity contribution < 1.29 is 14.5 Å². The monoisotopic (exact) mass is 451 g/mol. The largest absolute Gasteiger partial charge is 0.294 e. The molecule has 0 spiro atoms. The Kier molecular flexibility index (Phi) is 6.84. The minimum Gasteiger partial charge on any atom is -0.294 e. The van der Waals surface area contributed by atoms with Crippen molar-refractivity contribution in [2.45, 2.75) is 12.8 Å². The molecule has 0 atom stereocenters. The summed E-state index contributed by atoms with van der Waals surface area (Å²) in [5.41, 5.74) is 4.80. The van der Waals surface area contributed by atoms with Gasteiger partial charge in [-0.15, -0.1) is 0 Å². The highest BCUT2D eigenvalue weighted by Gasteiger charge is 2.15. The first-order valence-corrected chi connectivity index (χ1v) is 10.7. The smallest absolute Gasteiger partial charge is 0.269 e. The van der Waals surface area contributed by atoms with Crippen LogP contribution in [0.25, 0.3) is 10.8 Å². The average molecular weight is 451 g/mol. The van der Waals surface area contributed by atoms with Gasteiger partial charge in [0.1, 0.15) is 0 Å². The molecule has 0 fully saturated rings. The normalized spacial score (nSPS) is 11.2. The molecule has 1 N–H and O–H groups in total. The highest BCUT2D eigenvalue weighted by Crippen LogP contribution is 2.19. The van der Waals surface area contributed by atoms with Crippen LogP contribution in [0, 0.1) is 10.1 Å². The van der Waals surface area contributed by atoms with E-state index in [9.17, 15) is 19.7 Å². The predicted octanol–water partition coefficient (Wildman–Crippen LogP) is 5.08. The van der Waals surface area contributed by atoms with Crippen molar-refractivity contribution in [2.24, 2.45) is 5.10 Å². The molecule has 7 heteroatoms. The molecule has 0 saturated carbocycles. The number of Topliss-reactive ketones (excluding diaryl/α,β-unsaturated/α-hetero) is 1. The molecule has 4 aromatic rings. The van der Waals surface area contributed by atoms with E-state index in [1.807, 2.05) is 60.7 Å². The van der Waals surface area contributed by atoms with E-state index in [-0.39, 0.29) is 30.2 Å². The topological polar surface area (TPSA) is 102 Å². The van der Waals surface area contributed by atoms with Crippen molar-refractivity contribution in [1.29, 1.82) is 0 Å². The maximum absolute atomic E-state index is 12.8. The van der Waals surface area contributed by atoms with E-state index < -0.39 is 4.92 Å². The second-order valence-corrected chi connectivity index (χ2v) is 7.68. The number of nitro benzene ring substituents is 1. The van der Waals surface area contributed by atoms with Gasteiger partial charge < -0.3 is 0 Å². The van der Waals surface area contributed by atoms with Gasteiger partial charge >= 0.3 is 0 Å². The summed E-state index contributed by atoms with van der Waals surface area (Å²) in [6.07, 6.45) is 0.0690. The van der Waals surface area contributed by atoms with Crippen LogP contribution in [0.1, 0.15) is 27.9 Å². The van der Waals surface area contributed by atoms with Gasteiger partial charge in [-0.2, -0.15) is 5.10 Å². The number of benzene rings is 4. The van der Waals surface area contributed by atoms with Crippen LogP contribution in [0.5, 0.6) is 0 Å². The van der Waals surface area contributed by atoms with Gasteiger partial charge in [0.15, 0.2) is 5.78 Å². The van der Waals surface area contributed by atoms with E-state index in [1.165, 1.54) is 24.3 Å². The molecule has 0 aromatic heterocycles. The molecule has 1 amide bonds. The number of carbonyl (C=O) groups excluding carboxylic acids is 2. The molecule has 0 heterocycles. The molecule has 4 rings (SSSR count). The maximum Gasteiger partial charge on any atom is 0.269 e. The Balaban J connectivity index is 1.52. The van der Waals surface area contributed by atoms with Crippen LogP contribution in [-0.4, -0.2) is 22.3 Å². The number of amides is 1. The Morgan fingerprint density at radius 3 is 2.21 bits per heavy atom. The van der Waals surface area contributed by atoms with Crippen LogP contribution < -0.4 is 5.43 Å². The lowest BCUT2D eigenvalue weighted by molar-refractivity contribution is -0.384. The molecule has 34 heavy (non-hydrogen) atoms. The van der Waals surface area contributed by atoms with E-state index >= 15 is 0 Å². The highest BCUT2D eigenvalue weighted by molar-refractivity contribution is 6.16. The van der Waals surface area contributed by atoms with Crippen LogP contribution in [0.4, 0.5) is 5.69 Å². The molecule has 0 bridgehead atoms. The number of nitrogens with one attached hydrogen (secondary N) is 1. The lowest BCUT2D eigenvalue weighted by atomic mass is 10.0. The molecular weight excluding hydrogens is 430 g/mol.